The molecule has 4 aliphatic heterocycles. The maximum absolute atomic E-state index is 13.3. The van der Waals surface area contributed by atoms with Gasteiger partial charge in [-0.25, -0.2) is 14.4 Å². The fourth-order valence-electron chi connectivity index (χ4n) is 16.2. The molecule has 616 valence electrons. The molecule has 14 aromatic carbocycles. The minimum Gasteiger partial charge on any atom is -0.474 e. The lowest BCUT2D eigenvalue weighted by molar-refractivity contribution is -0.136. The molecule has 15 nitrogen and oxygen atoms in total. The number of para-hydroxylation sites is 4. The summed E-state index contributed by atoms with van der Waals surface area (Å²) in [6.07, 6.45) is 5.29. The monoisotopic (exact) mass is 1700 g/mol. The Labute approximate surface area is 747 Å². The van der Waals surface area contributed by atoms with E-state index in [-0.39, 0.29) is 57.0 Å². The first-order chi connectivity index (χ1) is 62.7. The Morgan fingerprint density at radius 3 is 0.992 bits per heavy atom. The number of carbonyl (C=O) groups excluding carboxylic acids is 7. The Hall–Kier alpha value is -16.6. The van der Waals surface area contributed by atoms with E-state index in [0.29, 0.717) is 78.7 Å². The third kappa shape index (κ3) is 17.1. The molecule has 0 N–H and O–H groups in total. The molecule has 0 saturated heterocycles. The molecule has 0 spiro atoms. The Balaban J connectivity index is 0.000000118. The van der Waals surface area contributed by atoms with Crippen molar-refractivity contribution < 1.29 is 57.2 Å². The molecule has 14 aromatic rings. The number of ketones is 4. The molecule has 0 amide bonds. The third-order valence-electron chi connectivity index (χ3n) is 21.9. The van der Waals surface area contributed by atoms with Gasteiger partial charge in [0.2, 0.25) is 23.1 Å². The van der Waals surface area contributed by atoms with Gasteiger partial charge in [-0.05, 0) is 105 Å². The average Bonchev–Trinajstić information content (AvgIpc) is 0.749. The average molecular weight is 1700 g/mol. The number of hydrogen-bond donors (Lipinski definition) is 0. The van der Waals surface area contributed by atoms with Crippen molar-refractivity contribution >= 4 is 92.4 Å². The summed E-state index contributed by atoms with van der Waals surface area (Å²) in [4.78, 5) is 97.8. The number of nitrogens with zero attached hydrogens (tertiary/aromatic N) is 3. The van der Waals surface area contributed by atoms with Gasteiger partial charge in [-0.3, -0.25) is 24.0 Å². The number of rotatable bonds is 11. The van der Waals surface area contributed by atoms with Crippen LogP contribution in [0.1, 0.15) is 120 Å². The summed E-state index contributed by atoms with van der Waals surface area (Å²) in [6.45, 7) is 7.53. The minimum absolute atomic E-state index is 0.00750. The number of benzene rings is 14. The molecule has 17 heteroatoms. The van der Waals surface area contributed by atoms with E-state index in [1.807, 2.05) is 261 Å². The summed E-state index contributed by atoms with van der Waals surface area (Å²) in [5, 5.41) is 19.6. The lowest BCUT2D eigenvalue weighted by Gasteiger charge is -2.33. The fourth-order valence-corrected chi connectivity index (χ4v) is 18.4. The lowest BCUT2D eigenvalue weighted by Crippen LogP contribution is -2.19. The SMILES string of the molecule is COC(=O)C(C(=O)c1ccccc1)=C1c2ccccc2Oc2ccccc21.COC(=O)C(C(=O)c1ccccc1)=C1c2ccccc2Sc2ccccc21.N#CC(C(=O)c1ccccc1)=C1c2ccccc2Oc2ccccc21.N#CC(C(=O)c1ccccc1)=C1c2ccccc2Sc2ccccc21.[C-]#[N+]/C(C(=O)OC)=C1/c2ccccc2C2C=CCc3cccc1c32. The van der Waals surface area contributed by atoms with E-state index in [2.05, 4.69) is 41.3 Å². The highest BCUT2D eigenvalue weighted by Crippen LogP contribution is 2.52. The quantitative estimate of drug-likeness (QED) is 0.0135. The number of esters is 3. The number of fused-ring (bicyclic) bond motifs is 10. The van der Waals surface area contributed by atoms with E-state index >= 15 is 0 Å². The van der Waals surface area contributed by atoms with Gasteiger partial charge < -0.3 is 23.7 Å². The largest absolute Gasteiger partial charge is 0.474 e. The van der Waals surface area contributed by atoms with Crippen LogP contribution in [0.3, 0.4) is 0 Å². The number of nitriles is 2. The highest BCUT2D eigenvalue weighted by molar-refractivity contribution is 7.99. The highest BCUT2D eigenvalue weighted by Gasteiger charge is 2.38. The summed E-state index contributed by atoms with van der Waals surface area (Å²) in [5.74, 6) is -0.499. The van der Waals surface area contributed by atoms with Crippen LogP contribution >= 0.6 is 23.5 Å². The molecular formula is C111H73N3O12S2. The summed E-state index contributed by atoms with van der Waals surface area (Å²) >= 11 is 3.30. The van der Waals surface area contributed by atoms with Crippen LogP contribution in [0.15, 0.2) is 418 Å². The predicted octanol–water partition coefficient (Wildman–Crippen LogP) is 24.1. The van der Waals surface area contributed by atoms with Gasteiger partial charge in [-0.15, -0.1) is 0 Å². The maximum atomic E-state index is 13.3. The van der Waals surface area contributed by atoms with Crippen molar-refractivity contribution in [3.05, 3.63) is 504 Å². The molecule has 0 bridgehead atoms. The number of hydrogen-bond acceptors (Lipinski definition) is 16. The molecule has 4 heterocycles. The second-order valence-electron chi connectivity index (χ2n) is 29.3. The first kappa shape index (κ1) is 85.0. The van der Waals surface area contributed by atoms with Crippen LogP contribution in [0.4, 0.5) is 0 Å². The molecular weight excluding hydrogens is 1630 g/mol. The first-order valence-electron chi connectivity index (χ1n) is 40.6. The Kier molecular flexibility index (Phi) is 25.8. The molecule has 0 saturated carbocycles. The van der Waals surface area contributed by atoms with Crippen molar-refractivity contribution in [1.82, 2.24) is 0 Å². The molecule has 0 fully saturated rings. The summed E-state index contributed by atoms with van der Waals surface area (Å²) in [5.41, 5.74) is 17.5. The predicted molar refractivity (Wildman–Crippen MR) is 495 cm³/mol. The number of ether oxygens (including phenoxy) is 5. The maximum Gasteiger partial charge on any atom is 0.342 e. The van der Waals surface area contributed by atoms with E-state index < -0.39 is 17.9 Å². The second kappa shape index (κ2) is 38.8. The van der Waals surface area contributed by atoms with Crippen LogP contribution in [-0.4, -0.2) is 62.4 Å². The van der Waals surface area contributed by atoms with Gasteiger partial charge in [0.1, 0.15) is 57.4 Å². The normalized spacial score (nSPS) is 13.1. The lowest BCUT2D eigenvalue weighted by atomic mass is 9.71. The van der Waals surface area contributed by atoms with Gasteiger partial charge in [0.25, 0.3) is 5.70 Å². The zero-order valence-corrected chi connectivity index (χ0v) is 70.7. The molecule has 128 heavy (non-hydrogen) atoms. The minimum atomic E-state index is -0.676. The van der Waals surface area contributed by atoms with Crippen LogP contribution in [-0.2, 0) is 35.0 Å². The Morgan fingerprint density at radius 1 is 0.328 bits per heavy atom. The first-order valence-corrected chi connectivity index (χ1v) is 42.3. The van der Waals surface area contributed by atoms with Gasteiger partial charge in [-0.2, -0.15) is 10.5 Å². The van der Waals surface area contributed by atoms with Gasteiger partial charge in [0.05, 0.1) is 27.9 Å². The van der Waals surface area contributed by atoms with Crippen LogP contribution < -0.4 is 9.47 Å². The van der Waals surface area contributed by atoms with Crippen LogP contribution in [0.2, 0.25) is 0 Å². The van der Waals surface area contributed by atoms with Crippen LogP contribution in [0.25, 0.3) is 32.7 Å². The molecule has 6 aliphatic rings. The Morgan fingerprint density at radius 2 is 0.625 bits per heavy atom. The van der Waals surface area contributed by atoms with E-state index in [1.54, 1.807) is 108 Å². The molecule has 0 aromatic heterocycles. The molecule has 1 atom stereocenters. The van der Waals surface area contributed by atoms with E-state index in [9.17, 15) is 44.1 Å². The third-order valence-corrected chi connectivity index (χ3v) is 24.2. The van der Waals surface area contributed by atoms with Gasteiger partial charge in [-0.1, -0.05) is 345 Å². The number of carbonyl (C=O) groups is 7. The van der Waals surface area contributed by atoms with E-state index in [1.165, 1.54) is 32.5 Å². The van der Waals surface area contributed by atoms with Crippen molar-refractivity contribution in [2.75, 3.05) is 21.3 Å². The summed E-state index contributed by atoms with van der Waals surface area (Å²) in [6, 6.07) is 115. The number of allylic oxidation sites excluding steroid dienone is 4. The van der Waals surface area contributed by atoms with Crippen LogP contribution in [0.5, 0.6) is 23.0 Å². The number of Topliss-reactive ketones (excluding diaryl/α,β-unsaturated/α-hetero) is 4. The molecule has 2 aliphatic carbocycles. The van der Waals surface area contributed by atoms with Crippen molar-refractivity contribution in [3.8, 4) is 35.1 Å². The topological polar surface area (TPSA) is 218 Å². The second-order valence-corrected chi connectivity index (χ2v) is 31.4. The summed E-state index contributed by atoms with van der Waals surface area (Å²) in [7, 11) is 3.89. The Bertz CT molecular complexity index is 6630. The van der Waals surface area contributed by atoms with E-state index in [0.717, 1.165) is 81.6 Å². The van der Waals surface area contributed by atoms with Gasteiger partial charge >= 0.3 is 17.9 Å². The highest BCUT2D eigenvalue weighted by atomic mass is 32.2. The van der Waals surface area contributed by atoms with E-state index in [4.69, 9.17) is 30.3 Å². The summed E-state index contributed by atoms with van der Waals surface area (Å²) < 4.78 is 26.7. The zero-order chi connectivity index (χ0) is 88.7. The standard InChI is InChI=1S/C23H16O4.C23H16O3S.C22H13NO2.C22H13NOS.C21H15NO2/c2*1-26-23(25)21(22(24)15-9-3-2-4-10-15)20-16-11-5-7-13-18(16)27-19-14-8-6-12-17(19)20;2*23-14-18(22(24)15-8-2-1-3-9-15)21-16-10-4-6-12-19(16)25-20-13-7-5-11-17(20)21;1-22-20(21(23)24-2)19-16-10-4-3-9-14(16)15-11-5-7-13-8-6-12-17(19)18(13)15/h2*2-14H,1H3;2*1-13H;3-6,8-12,15H,7H2,2H3/b;;;;20-19-. The fraction of sp³-hybridized carbons (Fsp3) is 0.0450. The van der Waals surface area contributed by atoms with Crippen molar-refractivity contribution in [1.29, 1.82) is 10.5 Å². The molecule has 20 rings (SSSR count). The van der Waals surface area contributed by atoms with Crippen molar-refractivity contribution in [2.24, 2.45) is 0 Å². The van der Waals surface area contributed by atoms with Crippen molar-refractivity contribution in [2.45, 2.75) is 31.9 Å². The van der Waals surface area contributed by atoms with Crippen molar-refractivity contribution in [3.63, 3.8) is 0 Å². The smallest absolute Gasteiger partial charge is 0.342 e. The zero-order valence-electron chi connectivity index (χ0n) is 69.1. The van der Waals surface area contributed by atoms with Gasteiger partial charge in [0.15, 0.2) is 0 Å². The molecule has 0 radical (unpaired) electrons. The number of methoxy groups -OCH3 is 3. The van der Waals surface area contributed by atoms with Crippen LogP contribution in [0, 0.1) is 29.2 Å². The molecule has 1 unspecified atom stereocenters. The van der Waals surface area contributed by atoms with Gasteiger partial charge in [0, 0.05) is 97.9 Å².